The highest BCUT2D eigenvalue weighted by atomic mass is 35.5. The van der Waals surface area contributed by atoms with Gasteiger partial charge >= 0.3 is 0 Å². The summed E-state index contributed by atoms with van der Waals surface area (Å²) in [4.78, 5) is 13.8. The molecule has 6 heteroatoms. The van der Waals surface area contributed by atoms with E-state index in [2.05, 4.69) is 5.32 Å². The summed E-state index contributed by atoms with van der Waals surface area (Å²) in [5, 5.41) is 12.6. The van der Waals surface area contributed by atoms with Crippen molar-refractivity contribution in [1.82, 2.24) is 5.32 Å². The van der Waals surface area contributed by atoms with E-state index < -0.39 is 6.04 Å². The zero-order valence-electron chi connectivity index (χ0n) is 10.7. The number of morpholine rings is 1. The van der Waals surface area contributed by atoms with Crippen LogP contribution in [0.5, 0.6) is 0 Å². The number of ether oxygens (including phenoxy) is 1. The summed E-state index contributed by atoms with van der Waals surface area (Å²) in [7, 11) is 1.60. The lowest BCUT2D eigenvalue weighted by molar-refractivity contribution is -0.124. The van der Waals surface area contributed by atoms with Crippen LogP contribution < -0.4 is 10.2 Å². The first-order chi connectivity index (χ1) is 9.17. The van der Waals surface area contributed by atoms with E-state index >= 15 is 0 Å². The largest absolute Gasteiger partial charge is 0.392 e. The summed E-state index contributed by atoms with van der Waals surface area (Å²) < 4.78 is 5.36. The molecule has 0 bridgehead atoms. The van der Waals surface area contributed by atoms with Crippen molar-refractivity contribution in [3.63, 3.8) is 0 Å². The Balaban J connectivity index is 2.36. The van der Waals surface area contributed by atoms with Gasteiger partial charge in [-0.3, -0.25) is 4.79 Å². The van der Waals surface area contributed by atoms with Crippen LogP contribution in [0.3, 0.4) is 0 Å². The molecule has 0 aromatic heterocycles. The number of benzene rings is 1. The Kier molecular flexibility index (Phi) is 4.63. The molecule has 1 unspecified atom stereocenters. The predicted molar refractivity (Wildman–Crippen MR) is 73.4 cm³/mol. The van der Waals surface area contributed by atoms with E-state index in [-0.39, 0.29) is 12.5 Å². The summed E-state index contributed by atoms with van der Waals surface area (Å²) in [5.74, 6) is -0.108. The van der Waals surface area contributed by atoms with Crippen molar-refractivity contribution in [2.45, 2.75) is 12.6 Å². The standard InChI is InChI=1S/C13H17ClN2O3/c1-15-13(18)12-8-19-5-4-16(12)11-6-10(14)3-2-9(11)7-17/h2-3,6,12,17H,4-5,7-8H2,1H3,(H,15,18). The Hall–Kier alpha value is -1.30. The van der Waals surface area contributed by atoms with Crippen LogP contribution in [0.2, 0.25) is 5.02 Å². The number of amides is 1. The minimum Gasteiger partial charge on any atom is -0.392 e. The smallest absolute Gasteiger partial charge is 0.244 e. The lowest BCUT2D eigenvalue weighted by atomic mass is 10.1. The predicted octanol–water partition coefficient (Wildman–Crippen LogP) is 0.784. The van der Waals surface area contributed by atoms with Crippen molar-refractivity contribution >= 4 is 23.2 Å². The minimum absolute atomic E-state index is 0.0929. The maximum Gasteiger partial charge on any atom is 0.244 e. The molecule has 2 N–H and O–H groups in total. The fraction of sp³-hybridized carbons (Fsp3) is 0.462. The molecule has 2 rings (SSSR count). The number of hydrogen-bond acceptors (Lipinski definition) is 4. The Morgan fingerprint density at radius 2 is 2.42 bits per heavy atom. The highest BCUT2D eigenvalue weighted by Gasteiger charge is 2.30. The summed E-state index contributed by atoms with van der Waals surface area (Å²) in [5.41, 5.74) is 1.53. The molecule has 1 fully saturated rings. The SMILES string of the molecule is CNC(=O)C1COCCN1c1cc(Cl)ccc1CO. The fourth-order valence-corrected chi connectivity index (χ4v) is 2.38. The number of nitrogens with zero attached hydrogens (tertiary/aromatic N) is 1. The maximum absolute atomic E-state index is 11.9. The van der Waals surface area contributed by atoms with Gasteiger partial charge in [0.2, 0.25) is 5.91 Å². The Morgan fingerprint density at radius 1 is 1.63 bits per heavy atom. The normalized spacial score (nSPS) is 19.3. The van der Waals surface area contributed by atoms with Gasteiger partial charge in [-0.05, 0) is 12.1 Å². The van der Waals surface area contributed by atoms with Gasteiger partial charge in [-0.15, -0.1) is 0 Å². The summed E-state index contributed by atoms with van der Waals surface area (Å²) in [6, 6.07) is 4.87. The summed E-state index contributed by atoms with van der Waals surface area (Å²) >= 11 is 6.01. The lowest BCUT2D eigenvalue weighted by Gasteiger charge is -2.37. The van der Waals surface area contributed by atoms with Gasteiger partial charge in [0.15, 0.2) is 0 Å². The van der Waals surface area contributed by atoms with Gasteiger partial charge < -0.3 is 20.1 Å². The van der Waals surface area contributed by atoms with Gasteiger partial charge in [0.1, 0.15) is 6.04 Å². The number of carbonyl (C=O) groups is 1. The van der Waals surface area contributed by atoms with Crippen LogP contribution in [-0.4, -0.2) is 43.9 Å². The van der Waals surface area contributed by atoms with Crippen LogP contribution in [0.15, 0.2) is 18.2 Å². The first kappa shape index (κ1) is 14.1. The molecule has 1 heterocycles. The highest BCUT2D eigenvalue weighted by Crippen LogP contribution is 2.28. The molecule has 19 heavy (non-hydrogen) atoms. The second-order valence-corrected chi connectivity index (χ2v) is 4.77. The Morgan fingerprint density at radius 3 is 3.11 bits per heavy atom. The van der Waals surface area contributed by atoms with Crippen LogP contribution in [0.1, 0.15) is 5.56 Å². The van der Waals surface area contributed by atoms with Gasteiger partial charge in [-0.25, -0.2) is 0 Å². The van der Waals surface area contributed by atoms with Gasteiger partial charge in [0.05, 0.1) is 19.8 Å². The quantitative estimate of drug-likeness (QED) is 0.861. The number of aliphatic hydroxyl groups excluding tert-OH is 1. The van der Waals surface area contributed by atoms with Crippen molar-refractivity contribution in [2.75, 3.05) is 31.7 Å². The zero-order chi connectivity index (χ0) is 13.8. The molecule has 1 aromatic carbocycles. The molecule has 104 valence electrons. The average molecular weight is 285 g/mol. The first-order valence-electron chi connectivity index (χ1n) is 6.12. The van der Waals surface area contributed by atoms with Crippen molar-refractivity contribution < 1.29 is 14.6 Å². The van der Waals surface area contributed by atoms with E-state index in [0.717, 1.165) is 11.3 Å². The number of aliphatic hydroxyl groups is 1. The summed E-state index contributed by atoms with van der Waals surface area (Å²) in [6.07, 6.45) is 0. The molecule has 0 spiro atoms. The van der Waals surface area contributed by atoms with Crippen molar-refractivity contribution in [3.8, 4) is 0 Å². The van der Waals surface area contributed by atoms with Crippen LogP contribution in [0.4, 0.5) is 5.69 Å². The van der Waals surface area contributed by atoms with Gasteiger partial charge in [-0.1, -0.05) is 17.7 Å². The van der Waals surface area contributed by atoms with Crippen molar-refractivity contribution in [1.29, 1.82) is 0 Å². The minimum atomic E-state index is -0.400. The molecule has 0 aliphatic carbocycles. The highest BCUT2D eigenvalue weighted by molar-refractivity contribution is 6.30. The number of rotatable bonds is 3. The Labute approximate surface area is 117 Å². The fourth-order valence-electron chi connectivity index (χ4n) is 2.21. The van der Waals surface area contributed by atoms with Crippen molar-refractivity contribution in [2.24, 2.45) is 0 Å². The molecular weight excluding hydrogens is 268 g/mol. The summed E-state index contributed by atoms with van der Waals surface area (Å²) in [6.45, 7) is 1.37. The van der Waals surface area contributed by atoms with E-state index in [0.29, 0.717) is 24.8 Å². The lowest BCUT2D eigenvalue weighted by Crippen LogP contribution is -2.53. The zero-order valence-corrected chi connectivity index (χ0v) is 11.5. The maximum atomic E-state index is 11.9. The number of nitrogens with one attached hydrogen (secondary N) is 1. The van der Waals surface area contributed by atoms with E-state index in [1.807, 2.05) is 4.90 Å². The van der Waals surface area contributed by atoms with Gasteiger partial charge in [0, 0.05) is 29.9 Å². The Bertz CT molecular complexity index is 467. The topological polar surface area (TPSA) is 61.8 Å². The van der Waals surface area contributed by atoms with Gasteiger partial charge in [0.25, 0.3) is 0 Å². The number of anilines is 1. The number of halogens is 1. The molecule has 1 aliphatic rings. The molecule has 1 atom stereocenters. The van der Waals surface area contributed by atoms with E-state index in [9.17, 15) is 9.90 Å². The molecule has 1 aromatic rings. The number of carbonyl (C=O) groups excluding carboxylic acids is 1. The molecule has 1 aliphatic heterocycles. The third-order valence-corrected chi connectivity index (χ3v) is 3.44. The molecule has 1 saturated heterocycles. The van der Waals surface area contributed by atoms with Crippen LogP contribution in [0, 0.1) is 0 Å². The van der Waals surface area contributed by atoms with Crippen LogP contribution in [-0.2, 0) is 16.1 Å². The van der Waals surface area contributed by atoms with Crippen molar-refractivity contribution in [3.05, 3.63) is 28.8 Å². The number of hydrogen-bond donors (Lipinski definition) is 2. The molecule has 0 saturated carbocycles. The molecule has 1 amide bonds. The van der Waals surface area contributed by atoms with E-state index in [1.54, 1.807) is 25.2 Å². The van der Waals surface area contributed by atoms with Crippen LogP contribution in [0.25, 0.3) is 0 Å². The monoisotopic (exact) mass is 284 g/mol. The second-order valence-electron chi connectivity index (χ2n) is 4.33. The average Bonchev–Trinajstić information content (AvgIpc) is 2.46. The van der Waals surface area contributed by atoms with Gasteiger partial charge in [-0.2, -0.15) is 0 Å². The molecule has 0 radical (unpaired) electrons. The first-order valence-corrected chi connectivity index (χ1v) is 6.50. The molecular formula is C13H17ClN2O3. The number of likely N-dealkylation sites (N-methyl/N-ethyl adjacent to an activating group) is 1. The van der Waals surface area contributed by atoms with E-state index in [4.69, 9.17) is 16.3 Å². The third kappa shape index (κ3) is 3.00. The molecule has 5 nitrogen and oxygen atoms in total. The van der Waals surface area contributed by atoms with E-state index in [1.165, 1.54) is 0 Å². The van der Waals surface area contributed by atoms with Crippen LogP contribution >= 0.6 is 11.6 Å². The second kappa shape index (κ2) is 6.23. The third-order valence-electron chi connectivity index (χ3n) is 3.20.